The molecule has 28 heavy (non-hydrogen) atoms. The number of carbonyl (C=O) groups is 1. The van der Waals surface area contributed by atoms with Gasteiger partial charge in [-0.1, -0.05) is 48.5 Å². The molecule has 0 aliphatic carbocycles. The molecule has 142 valence electrons. The van der Waals surface area contributed by atoms with E-state index in [-0.39, 0.29) is 10.6 Å². The fourth-order valence-electron chi connectivity index (χ4n) is 2.58. The Balaban J connectivity index is 1.65. The quantitative estimate of drug-likeness (QED) is 0.627. The summed E-state index contributed by atoms with van der Waals surface area (Å²) in [5.74, 6) is -0.951. The van der Waals surface area contributed by atoms with Gasteiger partial charge in [-0.05, 0) is 42.0 Å². The van der Waals surface area contributed by atoms with E-state index in [4.69, 9.17) is 0 Å². The molecular formula is C22H18FNO3S. The molecule has 0 aromatic heterocycles. The predicted octanol–water partition coefficient (Wildman–Crippen LogP) is 4.45. The lowest BCUT2D eigenvalue weighted by atomic mass is 10.2. The summed E-state index contributed by atoms with van der Waals surface area (Å²) >= 11 is 0. The van der Waals surface area contributed by atoms with Crippen LogP contribution in [0.3, 0.4) is 0 Å². The number of carbonyl (C=O) groups excluding carboxylic acids is 1. The summed E-state index contributed by atoms with van der Waals surface area (Å²) in [6.45, 7) is 0. The second kappa shape index (κ2) is 8.63. The standard InChI is InChI=1S/C22H18FNO3S/c23-21-9-5-4-8-18(21)10-15-22(25)24-19-11-13-20(14-12-19)28(26,27)16-17-6-2-1-3-7-17/h1-15H,16H2,(H,24,25)/b15-10+. The lowest BCUT2D eigenvalue weighted by Gasteiger charge is -2.07. The van der Waals surface area contributed by atoms with E-state index in [2.05, 4.69) is 5.32 Å². The van der Waals surface area contributed by atoms with Crippen LogP contribution in [0, 0.1) is 5.82 Å². The molecular weight excluding hydrogens is 377 g/mol. The molecule has 0 atom stereocenters. The van der Waals surface area contributed by atoms with E-state index < -0.39 is 21.6 Å². The summed E-state index contributed by atoms with van der Waals surface area (Å²) in [5.41, 5.74) is 1.46. The van der Waals surface area contributed by atoms with Crippen molar-refractivity contribution in [1.82, 2.24) is 0 Å². The Bertz CT molecular complexity index is 1090. The molecule has 0 saturated carbocycles. The second-order valence-electron chi connectivity index (χ2n) is 6.11. The minimum absolute atomic E-state index is 0.0923. The third-order valence-corrected chi connectivity index (χ3v) is 5.70. The van der Waals surface area contributed by atoms with E-state index in [1.807, 2.05) is 6.07 Å². The van der Waals surface area contributed by atoms with Crippen LogP contribution in [0.5, 0.6) is 0 Å². The molecule has 0 aliphatic rings. The highest BCUT2D eigenvalue weighted by molar-refractivity contribution is 7.90. The Hall–Kier alpha value is -3.25. The highest BCUT2D eigenvalue weighted by atomic mass is 32.2. The van der Waals surface area contributed by atoms with Crippen molar-refractivity contribution in [1.29, 1.82) is 0 Å². The molecule has 0 heterocycles. The monoisotopic (exact) mass is 395 g/mol. The van der Waals surface area contributed by atoms with Crippen LogP contribution < -0.4 is 5.32 Å². The first-order valence-corrected chi connectivity index (χ1v) is 10.2. The van der Waals surface area contributed by atoms with E-state index in [0.29, 0.717) is 16.8 Å². The molecule has 6 heteroatoms. The molecule has 4 nitrogen and oxygen atoms in total. The lowest BCUT2D eigenvalue weighted by Crippen LogP contribution is -2.09. The smallest absolute Gasteiger partial charge is 0.248 e. The number of anilines is 1. The molecule has 0 aliphatic heterocycles. The molecule has 3 aromatic rings. The number of amides is 1. The first kappa shape index (κ1) is 19.5. The van der Waals surface area contributed by atoms with Crippen LogP contribution in [-0.4, -0.2) is 14.3 Å². The van der Waals surface area contributed by atoms with Gasteiger partial charge in [0.2, 0.25) is 5.91 Å². The molecule has 3 rings (SSSR count). The maximum absolute atomic E-state index is 13.5. The highest BCUT2D eigenvalue weighted by Gasteiger charge is 2.15. The maximum atomic E-state index is 13.5. The SMILES string of the molecule is O=C(/C=C/c1ccccc1F)Nc1ccc(S(=O)(=O)Cc2ccccc2)cc1. The average Bonchev–Trinajstić information content (AvgIpc) is 2.68. The van der Waals surface area contributed by atoms with Crippen LogP contribution in [0.4, 0.5) is 10.1 Å². The predicted molar refractivity (Wildman–Crippen MR) is 108 cm³/mol. The fourth-order valence-corrected chi connectivity index (χ4v) is 3.93. The lowest BCUT2D eigenvalue weighted by molar-refractivity contribution is -0.111. The number of halogens is 1. The number of rotatable bonds is 6. The Labute approximate surface area is 163 Å². The van der Waals surface area contributed by atoms with Gasteiger partial charge in [0.25, 0.3) is 0 Å². The summed E-state index contributed by atoms with van der Waals surface area (Å²) in [6, 6.07) is 21.0. The van der Waals surface area contributed by atoms with E-state index in [0.717, 1.165) is 0 Å². The number of benzene rings is 3. The van der Waals surface area contributed by atoms with Gasteiger partial charge in [-0.3, -0.25) is 4.79 Å². The first-order chi connectivity index (χ1) is 13.4. The summed E-state index contributed by atoms with van der Waals surface area (Å²) in [7, 11) is -3.48. The maximum Gasteiger partial charge on any atom is 0.248 e. The van der Waals surface area contributed by atoms with Crippen molar-refractivity contribution in [2.75, 3.05) is 5.32 Å². The van der Waals surface area contributed by atoms with E-state index >= 15 is 0 Å². The molecule has 3 aromatic carbocycles. The molecule has 0 fully saturated rings. The molecule has 0 unspecified atom stereocenters. The van der Waals surface area contributed by atoms with E-state index in [1.165, 1.54) is 42.5 Å². The van der Waals surface area contributed by atoms with Crippen molar-refractivity contribution in [3.05, 3.63) is 102 Å². The molecule has 0 radical (unpaired) electrons. The van der Waals surface area contributed by atoms with Crippen molar-refractivity contribution in [3.8, 4) is 0 Å². The van der Waals surface area contributed by atoms with Gasteiger partial charge < -0.3 is 5.32 Å². The van der Waals surface area contributed by atoms with Crippen LogP contribution >= 0.6 is 0 Å². The van der Waals surface area contributed by atoms with Crippen LogP contribution in [0.2, 0.25) is 0 Å². The van der Waals surface area contributed by atoms with E-state index in [9.17, 15) is 17.6 Å². The molecule has 1 N–H and O–H groups in total. The summed E-state index contributed by atoms with van der Waals surface area (Å²) in [4.78, 5) is 12.2. The second-order valence-corrected chi connectivity index (χ2v) is 8.10. The zero-order valence-corrected chi connectivity index (χ0v) is 15.7. The van der Waals surface area contributed by atoms with Gasteiger partial charge in [-0.2, -0.15) is 0 Å². The van der Waals surface area contributed by atoms with Gasteiger partial charge in [0.15, 0.2) is 9.84 Å². The van der Waals surface area contributed by atoms with Crippen molar-refractivity contribution in [3.63, 3.8) is 0 Å². The third-order valence-electron chi connectivity index (χ3n) is 4.00. The van der Waals surface area contributed by atoms with Crippen molar-refractivity contribution >= 4 is 27.5 Å². The van der Waals surface area contributed by atoms with Gasteiger partial charge in [-0.15, -0.1) is 0 Å². The third kappa shape index (κ3) is 5.14. The van der Waals surface area contributed by atoms with Gasteiger partial charge in [-0.25, -0.2) is 12.8 Å². The van der Waals surface area contributed by atoms with Crippen LogP contribution in [0.1, 0.15) is 11.1 Å². The van der Waals surface area contributed by atoms with Crippen molar-refractivity contribution in [2.24, 2.45) is 0 Å². The Morgan fingerprint density at radius 1 is 0.893 bits per heavy atom. The van der Waals surface area contributed by atoms with Gasteiger partial charge in [0, 0.05) is 17.3 Å². The number of nitrogens with one attached hydrogen (secondary N) is 1. The molecule has 0 spiro atoms. The Morgan fingerprint density at radius 3 is 2.21 bits per heavy atom. The van der Waals surface area contributed by atoms with Gasteiger partial charge >= 0.3 is 0 Å². The normalized spacial score (nSPS) is 11.5. The molecule has 1 amide bonds. The molecule has 0 bridgehead atoms. The number of hydrogen-bond donors (Lipinski definition) is 1. The van der Waals surface area contributed by atoms with Crippen LogP contribution in [0.25, 0.3) is 6.08 Å². The Morgan fingerprint density at radius 2 is 1.54 bits per heavy atom. The zero-order valence-electron chi connectivity index (χ0n) is 14.9. The Kier molecular flexibility index (Phi) is 6.01. The van der Waals surface area contributed by atoms with Crippen LogP contribution in [0.15, 0.2) is 89.8 Å². The van der Waals surface area contributed by atoms with Crippen molar-refractivity contribution in [2.45, 2.75) is 10.6 Å². The largest absolute Gasteiger partial charge is 0.323 e. The number of hydrogen-bond acceptors (Lipinski definition) is 3. The van der Waals surface area contributed by atoms with Crippen LogP contribution in [-0.2, 0) is 20.4 Å². The molecule has 0 saturated heterocycles. The summed E-state index contributed by atoms with van der Waals surface area (Å²) < 4.78 is 38.5. The van der Waals surface area contributed by atoms with E-state index in [1.54, 1.807) is 42.5 Å². The highest BCUT2D eigenvalue weighted by Crippen LogP contribution is 2.19. The van der Waals surface area contributed by atoms with Crippen molar-refractivity contribution < 1.29 is 17.6 Å². The minimum Gasteiger partial charge on any atom is -0.323 e. The number of sulfone groups is 1. The first-order valence-electron chi connectivity index (χ1n) is 8.54. The average molecular weight is 395 g/mol. The fraction of sp³-hybridized carbons (Fsp3) is 0.0455. The van der Waals surface area contributed by atoms with Gasteiger partial charge in [0.05, 0.1) is 10.6 Å². The van der Waals surface area contributed by atoms with Gasteiger partial charge in [0.1, 0.15) is 5.82 Å². The zero-order chi connectivity index (χ0) is 20.0. The summed E-state index contributed by atoms with van der Waals surface area (Å²) in [5, 5.41) is 2.62. The summed E-state index contributed by atoms with van der Waals surface area (Å²) in [6.07, 6.45) is 2.60. The minimum atomic E-state index is -3.48. The topological polar surface area (TPSA) is 63.2 Å².